The van der Waals surface area contributed by atoms with Crippen LogP contribution in [0.5, 0.6) is 0 Å². The smallest absolute Gasteiger partial charge is 0.125 e. The monoisotopic (exact) mass is 273 g/mol. The first-order valence-electron chi connectivity index (χ1n) is 6.35. The lowest BCUT2D eigenvalue weighted by Gasteiger charge is -2.11. The van der Waals surface area contributed by atoms with E-state index in [0.717, 1.165) is 21.6 Å². The fourth-order valence-electron chi connectivity index (χ4n) is 2.28. The molecule has 2 rings (SSSR count). The molecule has 2 aromatic carbocycles. The van der Waals surface area contributed by atoms with E-state index < -0.39 is 11.0 Å². The largest absolute Gasteiger partial charge is 0.237 e. The van der Waals surface area contributed by atoms with E-state index in [1.807, 2.05) is 44.2 Å². The highest BCUT2D eigenvalue weighted by molar-refractivity contribution is 7.83. The highest BCUT2D eigenvalue weighted by Gasteiger charge is 2.11. The molecule has 0 aliphatic carbocycles. The SMILES string of the molecule is Cc1cc(C)c(S(=O)NCc2ccccc2)c(C)c1. The number of hydrogen-bond acceptors (Lipinski definition) is 1. The Morgan fingerprint density at radius 2 is 1.58 bits per heavy atom. The maximum atomic E-state index is 12.4. The minimum absolute atomic E-state index is 0.611. The van der Waals surface area contributed by atoms with Gasteiger partial charge in [-0.2, -0.15) is 0 Å². The van der Waals surface area contributed by atoms with Gasteiger partial charge in [0.1, 0.15) is 11.0 Å². The maximum Gasteiger partial charge on any atom is 0.125 e. The molecule has 0 aromatic heterocycles. The molecule has 0 aliphatic rings. The zero-order valence-electron chi connectivity index (χ0n) is 11.6. The molecule has 0 heterocycles. The molecular formula is C16H19NOS. The van der Waals surface area contributed by atoms with Crippen molar-refractivity contribution in [3.63, 3.8) is 0 Å². The summed E-state index contributed by atoms with van der Waals surface area (Å²) in [6.07, 6.45) is 0. The van der Waals surface area contributed by atoms with Gasteiger partial charge in [-0.25, -0.2) is 8.93 Å². The lowest BCUT2D eigenvalue weighted by atomic mass is 10.1. The van der Waals surface area contributed by atoms with Gasteiger partial charge in [0.15, 0.2) is 0 Å². The van der Waals surface area contributed by atoms with Gasteiger partial charge >= 0.3 is 0 Å². The van der Waals surface area contributed by atoms with Crippen LogP contribution in [0.15, 0.2) is 47.4 Å². The Morgan fingerprint density at radius 3 is 2.16 bits per heavy atom. The first kappa shape index (κ1) is 14.0. The molecule has 0 amide bonds. The second-order valence-corrected chi connectivity index (χ2v) is 6.04. The van der Waals surface area contributed by atoms with Crippen LogP contribution >= 0.6 is 0 Å². The average molecular weight is 273 g/mol. The van der Waals surface area contributed by atoms with Crippen molar-refractivity contribution in [2.75, 3.05) is 0 Å². The summed E-state index contributed by atoms with van der Waals surface area (Å²) in [5, 5.41) is 0. The van der Waals surface area contributed by atoms with Crippen molar-refractivity contribution in [2.45, 2.75) is 32.2 Å². The lowest BCUT2D eigenvalue weighted by Crippen LogP contribution is -2.18. The van der Waals surface area contributed by atoms with Crippen LogP contribution in [0.3, 0.4) is 0 Å². The van der Waals surface area contributed by atoms with Gasteiger partial charge in [0.2, 0.25) is 0 Å². The quantitative estimate of drug-likeness (QED) is 0.908. The summed E-state index contributed by atoms with van der Waals surface area (Å²) in [5.74, 6) is 0. The molecule has 3 heteroatoms. The van der Waals surface area contributed by atoms with E-state index in [1.165, 1.54) is 5.56 Å². The molecule has 0 bridgehead atoms. The molecule has 2 aromatic rings. The van der Waals surface area contributed by atoms with Gasteiger partial charge in [0.05, 0.1) is 4.90 Å². The van der Waals surface area contributed by atoms with Crippen molar-refractivity contribution in [1.29, 1.82) is 0 Å². The van der Waals surface area contributed by atoms with Crippen molar-refractivity contribution in [2.24, 2.45) is 0 Å². The van der Waals surface area contributed by atoms with E-state index in [-0.39, 0.29) is 0 Å². The Labute approximate surface area is 117 Å². The average Bonchev–Trinajstić information content (AvgIpc) is 2.36. The Kier molecular flexibility index (Phi) is 4.51. The third kappa shape index (κ3) is 3.52. The van der Waals surface area contributed by atoms with E-state index in [2.05, 4.69) is 23.8 Å². The Bertz CT molecular complexity index is 570. The van der Waals surface area contributed by atoms with Crippen LogP contribution in [-0.2, 0) is 17.5 Å². The van der Waals surface area contributed by atoms with E-state index in [4.69, 9.17) is 0 Å². The van der Waals surface area contributed by atoms with Crippen molar-refractivity contribution in [3.8, 4) is 0 Å². The summed E-state index contributed by atoms with van der Waals surface area (Å²) in [7, 11) is -1.17. The van der Waals surface area contributed by atoms with Gasteiger partial charge < -0.3 is 0 Å². The summed E-state index contributed by atoms with van der Waals surface area (Å²) in [4.78, 5) is 0.904. The Hall–Kier alpha value is -1.45. The second-order valence-electron chi connectivity index (χ2n) is 4.80. The lowest BCUT2D eigenvalue weighted by molar-refractivity contribution is 0.670. The summed E-state index contributed by atoms with van der Waals surface area (Å²) in [6.45, 7) is 6.69. The van der Waals surface area contributed by atoms with Crippen LogP contribution in [0.25, 0.3) is 0 Å². The third-order valence-electron chi connectivity index (χ3n) is 3.04. The molecule has 1 atom stereocenters. The maximum absolute atomic E-state index is 12.4. The Balaban J connectivity index is 2.13. The van der Waals surface area contributed by atoms with Gasteiger partial charge in [-0.1, -0.05) is 48.0 Å². The van der Waals surface area contributed by atoms with Crippen LogP contribution in [0.4, 0.5) is 0 Å². The number of nitrogens with one attached hydrogen (secondary N) is 1. The highest BCUT2D eigenvalue weighted by Crippen LogP contribution is 2.19. The van der Waals surface area contributed by atoms with Crippen LogP contribution in [0.1, 0.15) is 22.3 Å². The second kappa shape index (κ2) is 6.13. The topological polar surface area (TPSA) is 29.1 Å². The minimum atomic E-state index is -1.17. The van der Waals surface area contributed by atoms with Crippen molar-refractivity contribution < 1.29 is 4.21 Å². The number of benzene rings is 2. The molecule has 0 saturated heterocycles. The molecule has 100 valence electrons. The number of hydrogen-bond donors (Lipinski definition) is 1. The summed E-state index contributed by atoms with van der Waals surface area (Å²) in [5.41, 5.74) is 4.50. The fraction of sp³-hybridized carbons (Fsp3) is 0.250. The minimum Gasteiger partial charge on any atom is -0.237 e. The fourth-order valence-corrected chi connectivity index (χ4v) is 3.42. The first-order valence-corrected chi connectivity index (χ1v) is 7.50. The van der Waals surface area contributed by atoms with Crippen LogP contribution in [0, 0.1) is 20.8 Å². The summed E-state index contributed by atoms with van der Waals surface area (Å²) < 4.78 is 15.5. The predicted molar refractivity (Wildman–Crippen MR) is 80.3 cm³/mol. The molecule has 1 unspecified atom stereocenters. The molecule has 19 heavy (non-hydrogen) atoms. The van der Waals surface area contributed by atoms with Gasteiger partial charge in [-0.3, -0.25) is 0 Å². The van der Waals surface area contributed by atoms with Crippen molar-refractivity contribution in [1.82, 2.24) is 4.72 Å². The molecule has 0 saturated carbocycles. The zero-order chi connectivity index (χ0) is 13.8. The normalized spacial score (nSPS) is 12.4. The number of rotatable bonds is 4. The number of aryl methyl sites for hydroxylation is 3. The van der Waals surface area contributed by atoms with E-state index in [9.17, 15) is 4.21 Å². The van der Waals surface area contributed by atoms with Crippen LogP contribution < -0.4 is 4.72 Å². The van der Waals surface area contributed by atoms with E-state index in [0.29, 0.717) is 6.54 Å². The predicted octanol–water partition coefficient (Wildman–Crippen LogP) is 3.42. The molecule has 0 fully saturated rings. The molecule has 0 aliphatic heterocycles. The summed E-state index contributed by atoms with van der Waals surface area (Å²) >= 11 is 0. The van der Waals surface area contributed by atoms with Gasteiger partial charge in [-0.05, 0) is 37.5 Å². The molecule has 2 nitrogen and oxygen atoms in total. The third-order valence-corrected chi connectivity index (χ3v) is 4.46. The van der Waals surface area contributed by atoms with Crippen molar-refractivity contribution >= 4 is 11.0 Å². The summed E-state index contributed by atoms with van der Waals surface area (Å²) in [6, 6.07) is 14.2. The molecule has 1 N–H and O–H groups in total. The highest BCUT2D eigenvalue weighted by atomic mass is 32.2. The first-order chi connectivity index (χ1) is 9.08. The molecule has 0 spiro atoms. The Morgan fingerprint density at radius 1 is 1.00 bits per heavy atom. The zero-order valence-corrected chi connectivity index (χ0v) is 12.4. The van der Waals surface area contributed by atoms with E-state index >= 15 is 0 Å². The van der Waals surface area contributed by atoms with Crippen molar-refractivity contribution in [3.05, 3.63) is 64.7 Å². The van der Waals surface area contributed by atoms with E-state index in [1.54, 1.807) is 0 Å². The van der Waals surface area contributed by atoms with Gasteiger partial charge in [0.25, 0.3) is 0 Å². The molecular weight excluding hydrogens is 254 g/mol. The van der Waals surface area contributed by atoms with Gasteiger partial charge in [-0.15, -0.1) is 0 Å². The van der Waals surface area contributed by atoms with Crippen LogP contribution in [-0.4, -0.2) is 4.21 Å². The molecule has 0 radical (unpaired) electrons. The van der Waals surface area contributed by atoms with Gasteiger partial charge in [0, 0.05) is 6.54 Å². The van der Waals surface area contributed by atoms with Crippen LogP contribution in [0.2, 0.25) is 0 Å². The standard InChI is InChI=1S/C16H19NOS/c1-12-9-13(2)16(14(3)10-12)19(18)17-11-15-7-5-4-6-8-15/h4-10,17H,11H2,1-3H3.